The number of hydrogen-bond acceptors (Lipinski definition) is 5. The van der Waals surface area contributed by atoms with Crippen LogP contribution >= 0.6 is 23.5 Å². The predicted molar refractivity (Wildman–Crippen MR) is 68.7 cm³/mol. The number of Topliss-reactive ketones (excluding diaryl/α,β-unsaturated/α-hetero) is 1. The van der Waals surface area contributed by atoms with Crippen molar-refractivity contribution in [3.63, 3.8) is 0 Å². The zero-order chi connectivity index (χ0) is 11.4. The lowest BCUT2D eigenvalue weighted by atomic mass is 10.1. The second-order valence-electron chi connectivity index (χ2n) is 3.41. The van der Waals surface area contributed by atoms with Crippen LogP contribution in [0.15, 0.2) is 18.5 Å². The molecule has 0 N–H and O–H groups in total. The van der Waals surface area contributed by atoms with E-state index in [0.717, 1.165) is 17.3 Å². The normalized spacial score (nSPS) is 20.4. The Bertz CT molecular complexity index is 378. The molecule has 1 atom stereocenters. The fourth-order valence-electron chi connectivity index (χ4n) is 1.49. The summed E-state index contributed by atoms with van der Waals surface area (Å²) in [6.07, 6.45) is 3.23. The number of methoxy groups -OCH3 is 1. The number of thioether (sulfide) groups is 2. The van der Waals surface area contributed by atoms with E-state index < -0.39 is 0 Å². The molecule has 0 bridgehead atoms. The second-order valence-corrected chi connectivity index (χ2v) is 5.87. The van der Waals surface area contributed by atoms with E-state index in [2.05, 4.69) is 4.98 Å². The summed E-state index contributed by atoms with van der Waals surface area (Å²) < 4.78 is 5.07. The van der Waals surface area contributed by atoms with E-state index in [1.165, 1.54) is 0 Å². The van der Waals surface area contributed by atoms with Gasteiger partial charge in [-0.1, -0.05) is 0 Å². The average Bonchev–Trinajstić information content (AvgIpc) is 2.39. The predicted octanol–water partition coefficient (Wildman–Crippen LogP) is 2.12. The molecule has 0 aromatic carbocycles. The summed E-state index contributed by atoms with van der Waals surface area (Å²) in [6, 6.07) is 1.76. The third-order valence-corrected chi connectivity index (χ3v) is 5.10. The van der Waals surface area contributed by atoms with Crippen molar-refractivity contribution >= 4 is 29.3 Å². The quantitative estimate of drug-likeness (QED) is 0.774. The van der Waals surface area contributed by atoms with E-state index in [4.69, 9.17) is 4.74 Å². The van der Waals surface area contributed by atoms with Crippen LogP contribution in [0.2, 0.25) is 0 Å². The van der Waals surface area contributed by atoms with Gasteiger partial charge in [0.05, 0.1) is 18.6 Å². The Labute approximate surface area is 103 Å². The number of nitrogens with zero attached hydrogens (tertiary/aromatic N) is 1. The van der Waals surface area contributed by atoms with Gasteiger partial charge in [-0.3, -0.25) is 9.78 Å². The fraction of sp³-hybridized carbons (Fsp3) is 0.455. The summed E-state index contributed by atoms with van der Waals surface area (Å²) in [4.78, 5) is 16.1. The largest absolute Gasteiger partial charge is 0.495 e. The minimum atomic E-state index is 0.0765. The number of ether oxygens (including phenoxy) is 1. The number of ketones is 1. The van der Waals surface area contributed by atoms with E-state index in [1.807, 2.05) is 11.8 Å². The van der Waals surface area contributed by atoms with Crippen molar-refractivity contribution in [3.8, 4) is 5.75 Å². The molecule has 1 aliphatic rings. The van der Waals surface area contributed by atoms with Gasteiger partial charge in [0, 0.05) is 29.0 Å². The second kappa shape index (κ2) is 5.59. The molecule has 3 nitrogen and oxygen atoms in total. The van der Waals surface area contributed by atoms with Crippen LogP contribution in [0.1, 0.15) is 10.4 Å². The SMILES string of the molecule is COc1cncc(C(=O)C2CSCCS2)c1. The van der Waals surface area contributed by atoms with Crippen molar-refractivity contribution in [3.05, 3.63) is 24.0 Å². The lowest BCUT2D eigenvalue weighted by molar-refractivity contribution is 0.0994. The molecule has 0 saturated carbocycles. The highest BCUT2D eigenvalue weighted by Gasteiger charge is 2.23. The van der Waals surface area contributed by atoms with Crippen LogP contribution in [0.4, 0.5) is 0 Å². The van der Waals surface area contributed by atoms with Crippen molar-refractivity contribution in [2.24, 2.45) is 0 Å². The van der Waals surface area contributed by atoms with E-state index >= 15 is 0 Å². The smallest absolute Gasteiger partial charge is 0.178 e. The van der Waals surface area contributed by atoms with Gasteiger partial charge in [-0.2, -0.15) is 11.8 Å². The molecule has 1 saturated heterocycles. The van der Waals surface area contributed by atoms with Gasteiger partial charge in [0.25, 0.3) is 0 Å². The molecule has 1 aromatic rings. The maximum Gasteiger partial charge on any atom is 0.178 e. The number of hydrogen-bond donors (Lipinski definition) is 0. The fourth-order valence-corrected chi connectivity index (χ4v) is 4.12. The molecule has 86 valence electrons. The van der Waals surface area contributed by atoms with Gasteiger partial charge in [0.15, 0.2) is 5.78 Å². The van der Waals surface area contributed by atoms with Crippen LogP contribution < -0.4 is 4.74 Å². The van der Waals surface area contributed by atoms with Crippen LogP contribution in [-0.4, -0.2) is 40.4 Å². The van der Waals surface area contributed by atoms with Crippen molar-refractivity contribution in [2.75, 3.05) is 24.4 Å². The lowest BCUT2D eigenvalue weighted by Crippen LogP contribution is -2.24. The van der Waals surface area contributed by atoms with Crippen molar-refractivity contribution in [1.82, 2.24) is 4.98 Å². The first-order valence-corrected chi connectivity index (χ1v) is 7.24. The Hall–Kier alpha value is -0.680. The molecule has 1 unspecified atom stereocenters. The van der Waals surface area contributed by atoms with Gasteiger partial charge in [-0.25, -0.2) is 0 Å². The van der Waals surface area contributed by atoms with Gasteiger partial charge in [0.1, 0.15) is 5.75 Å². The molecule has 1 aliphatic heterocycles. The summed E-state index contributed by atoms with van der Waals surface area (Å²) in [6.45, 7) is 0. The molecule has 2 rings (SSSR count). The summed E-state index contributed by atoms with van der Waals surface area (Å²) >= 11 is 3.58. The minimum Gasteiger partial charge on any atom is -0.495 e. The molecule has 1 fully saturated rings. The molecule has 2 heterocycles. The van der Waals surface area contributed by atoms with E-state index in [9.17, 15) is 4.79 Å². The van der Waals surface area contributed by atoms with Crippen LogP contribution in [0.5, 0.6) is 5.75 Å². The van der Waals surface area contributed by atoms with Gasteiger partial charge < -0.3 is 4.74 Å². The molecule has 0 radical (unpaired) electrons. The summed E-state index contributed by atoms with van der Waals surface area (Å²) in [5, 5.41) is 0.0765. The molecule has 0 aliphatic carbocycles. The molecule has 5 heteroatoms. The van der Waals surface area contributed by atoms with Crippen LogP contribution in [0, 0.1) is 0 Å². The molecule has 1 aromatic heterocycles. The zero-order valence-electron chi connectivity index (χ0n) is 9.01. The van der Waals surface area contributed by atoms with Crippen LogP contribution in [0.3, 0.4) is 0 Å². The number of rotatable bonds is 3. The van der Waals surface area contributed by atoms with E-state index in [1.54, 1.807) is 37.3 Å². The van der Waals surface area contributed by atoms with Gasteiger partial charge in [-0.15, -0.1) is 11.8 Å². The molecule has 16 heavy (non-hydrogen) atoms. The molecule has 0 amide bonds. The topological polar surface area (TPSA) is 39.2 Å². The van der Waals surface area contributed by atoms with Gasteiger partial charge >= 0.3 is 0 Å². The summed E-state index contributed by atoms with van der Waals surface area (Å²) in [7, 11) is 1.58. The van der Waals surface area contributed by atoms with Crippen molar-refractivity contribution in [2.45, 2.75) is 5.25 Å². The number of carbonyl (C=O) groups is 1. The standard InChI is InChI=1S/C11H13NO2S2/c1-14-9-4-8(5-12-6-9)11(13)10-7-15-2-3-16-10/h4-6,10H,2-3,7H2,1H3. The first kappa shape index (κ1) is 11.8. The van der Waals surface area contributed by atoms with E-state index in [-0.39, 0.29) is 11.0 Å². The molecular weight excluding hydrogens is 242 g/mol. The minimum absolute atomic E-state index is 0.0765. The lowest BCUT2D eigenvalue weighted by Gasteiger charge is -2.19. The summed E-state index contributed by atoms with van der Waals surface area (Å²) in [5.41, 5.74) is 0.652. The Morgan fingerprint density at radius 2 is 2.38 bits per heavy atom. The van der Waals surface area contributed by atoms with Gasteiger partial charge in [-0.05, 0) is 6.07 Å². The number of pyridine rings is 1. The Morgan fingerprint density at radius 1 is 1.50 bits per heavy atom. The maximum atomic E-state index is 12.1. The molecule has 0 spiro atoms. The highest BCUT2D eigenvalue weighted by molar-refractivity contribution is 8.07. The molecular formula is C11H13NO2S2. The van der Waals surface area contributed by atoms with Crippen LogP contribution in [-0.2, 0) is 0 Å². The zero-order valence-corrected chi connectivity index (χ0v) is 10.6. The first-order valence-electron chi connectivity index (χ1n) is 5.04. The van der Waals surface area contributed by atoms with E-state index in [0.29, 0.717) is 11.3 Å². The van der Waals surface area contributed by atoms with Gasteiger partial charge in [0.2, 0.25) is 0 Å². The number of carbonyl (C=O) groups excluding carboxylic acids is 1. The Morgan fingerprint density at radius 3 is 3.06 bits per heavy atom. The Balaban J connectivity index is 2.12. The van der Waals surface area contributed by atoms with Crippen LogP contribution in [0.25, 0.3) is 0 Å². The first-order chi connectivity index (χ1) is 7.81. The summed E-state index contributed by atoms with van der Waals surface area (Å²) in [5.74, 6) is 3.91. The van der Waals surface area contributed by atoms with Crippen molar-refractivity contribution in [1.29, 1.82) is 0 Å². The third-order valence-electron chi connectivity index (χ3n) is 2.34. The average molecular weight is 255 g/mol. The third kappa shape index (κ3) is 2.71. The maximum absolute atomic E-state index is 12.1. The number of aromatic nitrogens is 1. The highest BCUT2D eigenvalue weighted by atomic mass is 32.2. The monoisotopic (exact) mass is 255 g/mol. The highest BCUT2D eigenvalue weighted by Crippen LogP contribution is 2.27. The Kier molecular flexibility index (Phi) is 4.12. The van der Waals surface area contributed by atoms with Crippen molar-refractivity contribution < 1.29 is 9.53 Å².